The van der Waals surface area contributed by atoms with E-state index in [4.69, 9.17) is 0 Å². The molecule has 112 valence electrons. The van der Waals surface area contributed by atoms with E-state index in [1.54, 1.807) is 6.07 Å². The standard InChI is InChI=1S/C18H17NO3/c20-17(19-12-6-11-16(19)18(21)22)15-10-5-4-9-14(15)13-7-2-1-3-8-13/h1-5,7-10,16H,6,11-12H2,(H,21,22)/t16-/m0/s1. The molecule has 0 aromatic heterocycles. The van der Waals surface area contributed by atoms with Crippen LogP contribution in [-0.4, -0.2) is 34.5 Å². The number of aliphatic carboxylic acids is 1. The Balaban J connectivity index is 1.99. The SMILES string of the molecule is O=C(O)[C@@H]1CCCN1C(=O)c1ccccc1-c1ccccc1. The van der Waals surface area contributed by atoms with Crippen molar-refractivity contribution in [1.29, 1.82) is 0 Å². The summed E-state index contributed by atoms with van der Waals surface area (Å²) in [5.74, 6) is -1.13. The highest BCUT2D eigenvalue weighted by atomic mass is 16.4. The minimum Gasteiger partial charge on any atom is -0.480 e. The Kier molecular flexibility index (Phi) is 3.92. The van der Waals surface area contributed by atoms with Crippen molar-refractivity contribution in [3.05, 3.63) is 60.2 Å². The van der Waals surface area contributed by atoms with Crippen molar-refractivity contribution in [3.63, 3.8) is 0 Å². The van der Waals surface area contributed by atoms with Gasteiger partial charge in [-0.2, -0.15) is 0 Å². The molecule has 2 aromatic carbocycles. The summed E-state index contributed by atoms with van der Waals surface area (Å²) in [6, 6.07) is 16.3. The number of nitrogens with zero attached hydrogens (tertiary/aromatic N) is 1. The van der Waals surface area contributed by atoms with Gasteiger partial charge >= 0.3 is 5.97 Å². The number of rotatable bonds is 3. The largest absolute Gasteiger partial charge is 0.480 e. The first kappa shape index (κ1) is 14.3. The lowest BCUT2D eigenvalue weighted by atomic mass is 9.98. The quantitative estimate of drug-likeness (QED) is 0.947. The van der Waals surface area contributed by atoms with Crippen LogP contribution in [0.3, 0.4) is 0 Å². The molecule has 0 aliphatic carbocycles. The Labute approximate surface area is 129 Å². The highest BCUT2D eigenvalue weighted by molar-refractivity contribution is 6.02. The molecule has 4 nitrogen and oxygen atoms in total. The smallest absolute Gasteiger partial charge is 0.326 e. The van der Waals surface area contributed by atoms with Gasteiger partial charge in [-0.15, -0.1) is 0 Å². The Hall–Kier alpha value is -2.62. The predicted molar refractivity (Wildman–Crippen MR) is 83.6 cm³/mol. The van der Waals surface area contributed by atoms with Gasteiger partial charge in [0.2, 0.25) is 0 Å². The number of carboxylic acids is 1. The molecule has 0 spiro atoms. The molecule has 0 bridgehead atoms. The molecule has 2 aromatic rings. The summed E-state index contributed by atoms with van der Waals surface area (Å²) in [4.78, 5) is 25.6. The van der Waals surface area contributed by atoms with E-state index in [1.165, 1.54) is 4.90 Å². The molecule has 0 saturated carbocycles. The molecular weight excluding hydrogens is 278 g/mol. The van der Waals surface area contributed by atoms with Crippen LogP contribution >= 0.6 is 0 Å². The molecule has 1 heterocycles. The molecule has 1 N–H and O–H groups in total. The number of hydrogen-bond donors (Lipinski definition) is 1. The van der Waals surface area contributed by atoms with Crippen molar-refractivity contribution < 1.29 is 14.7 Å². The van der Waals surface area contributed by atoms with Crippen LogP contribution in [0.25, 0.3) is 11.1 Å². The zero-order chi connectivity index (χ0) is 15.5. The third kappa shape index (κ3) is 2.60. The summed E-state index contributed by atoms with van der Waals surface area (Å²) in [6.45, 7) is 0.499. The van der Waals surface area contributed by atoms with Gasteiger partial charge < -0.3 is 10.0 Å². The van der Waals surface area contributed by atoms with Gasteiger partial charge in [0.05, 0.1) is 0 Å². The lowest BCUT2D eigenvalue weighted by Gasteiger charge is -2.22. The molecule has 4 heteroatoms. The van der Waals surface area contributed by atoms with Crippen molar-refractivity contribution in [2.45, 2.75) is 18.9 Å². The minimum absolute atomic E-state index is 0.204. The second kappa shape index (κ2) is 6.02. The summed E-state index contributed by atoms with van der Waals surface area (Å²) in [6.07, 6.45) is 1.25. The summed E-state index contributed by atoms with van der Waals surface area (Å²) >= 11 is 0. The summed E-state index contributed by atoms with van der Waals surface area (Å²) in [7, 11) is 0. The first-order chi connectivity index (χ1) is 10.7. The van der Waals surface area contributed by atoms with Crippen LogP contribution in [0.4, 0.5) is 0 Å². The van der Waals surface area contributed by atoms with Crippen molar-refractivity contribution in [2.75, 3.05) is 6.54 Å². The monoisotopic (exact) mass is 295 g/mol. The second-order valence-electron chi connectivity index (χ2n) is 5.41. The zero-order valence-corrected chi connectivity index (χ0v) is 12.1. The first-order valence-corrected chi connectivity index (χ1v) is 7.36. The summed E-state index contributed by atoms with van der Waals surface area (Å²) < 4.78 is 0. The lowest BCUT2D eigenvalue weighted by Crippen LogP contribution is -2.40. The number of benzene rings is 2. The highest BCUT2D eigenvalue weighted by Gasteiger charge is 2.35. The van der Waals surface area contributed by atoms with Crippen LogP contribution in [0.1, 0.15) is 23.2 Å². The molecule has 1 saturated heterocycles. The van der Waals surface area contributed by atoms with Gasteiger partial charge in [0.25, 0.3) is 5.91 Å². The second-order valence-corrected chi connectivity index (χ2v) is 5.41. The van der Waals surface area contributed by atoms with E-state index >= 15 is 0 Å². The zero-order valence-electron chi connectivity index (χ0n) is 12.1. The minimum atomic E-state index is -0.928. The Morgan fingerprint density at radius 3 is 2.41 bits per heavy atom. The number of carboxylic acid groups (broad SMARTS) is 1. The van der Waals surface area contributed by atoms with Gasteiger partial charge in [0.15, 0.2) is 0 Å². The van der Waals surface area contributed by atoms with Crippen molar-refractivity contribution in [3.8, 4) is 11.1 Å². The molecule has 1 atom stereocenters. The number of likely N-dealkylation sites (tertiary alicyclic amines) is 1. The third-order valence-electron chi connectivity index (χ3n) is 4.04. The van der Waals surface area contributed by atoms with Crippen LogP contribution < -0.4 is 0 Å². The van der Waals surface area contributed by atoms with Gasteiger partial charge in [-0.1, -0.05) is 48.5 Å². The van der Waals surface area contributed by atoms with Crippen molar-refractivity contribution in [1.82, 2.24) is 4.90 Å². The van der Waals surface area contributed by atoms with E-state index in [-0.39, 0.29) is 5.91 Å². The number of amides is 1. The van der Waals surface area contributed by atoms with E-state index in [0.29, 0.717) is 18.5 Å². The fourth-order valence-electron chi connectivity index (χ4n) is 2.96. The van der Waals surface area contributed by atoms with Crippen LogP contribution in [0.2, 0.25) is 0 Å². The molecule has 1 aliphatic rings. The number of hydrogen-bond acceptors (Lipinski definition) is 2. The van der Waals surface area contributed by atoms with E-state index in [1.807, 2.05) is 48.5 Å². The van der Waals surface area contributed by atoms with E-state index in [9.17, 15) is 14.7 Å². The Morgan fingerprint density at radius 1 is 1.00 bits per heavy atom. The molecule has 1 fully saturated rings. The lowest BCUT2D eigenvalue weighted by molar-refractivity contribution is -0.141. The predicted octanol–water partition coefficient (Wildman–Crippen LogP) is 3.04. The fourth-order valence-corrected chi connectivity index (χ4v) is 2.96. The molecular formula is C18H17NO3. The Morgan fingerprint density at radius 2 is 1.68 bits per heavy atom. The van der Waals surface area contributed by atoms with Crippen molar-refractivity contribution >= 4 is 11.9 Å². The van der Waals surface area contributed by atoms with Crippen LogP contribution in [0.5, 0.6) is 0 Å². The first-order valence-electron chi connectivity index (χ1n) is 7.36. The average molecular weight is 295 g/mol. The molecule has 0 radical (unpaired) electrons. The maximum absolute atomic E-state index is 12.8. The Bertz CT molecular complexity index is 696. The molecule has 0 unspecified atom stereocenters. The summed E-state index contributed by atoms with van der Waals surface area (Å²) in [5, 5.41) is 9.27. The molecule has 3 rings (SSSR count). The maximum Gasteiger partial charge on any atom is 0.326 e. The third-order valence-corrected chi connectivity index (χ3v) is 4.04. The fraction of sp³-hybridized carbons (Fsp3) is 0.222. The maximum atomic E-state index is 12.8. The van der Waals surface area contributed by atoms with Crippen LogP contribution in [0.15, 0.2) is 54.6 Å². The van der Waals surface area contributed by atoms with Crippen molar-refractivity contribution in [2.24, 2.45) is 0 Å². The van der Waals surface area contributed by atoms with Gasteiger partial charge in [0.1, 0.15) is 6.04 Å². The normalized spacial score (nSPS) is 17.5. The molecule has 22 heavy (non-hydrogen) atoms. The highest BCUT2D eigenvalue weighted by Crippen LogP contribution is 2.27. The van der Waals surface area contributed by atoms with Crippen LogP contribution in [-0.2, 0) is 4.79 Å². The van der Waals surface area contributed by atoms with E-state index < -0.39 is 12.0 Å². The van der Waals surface area contributed by atoms with E-state index in [2.05, 4.69) is 0 Å². The molecule has 1 aliphatic heterocycles. The van der Waals surface area contributed by atoms with Crippen LogP contribution in [0, 0.1) is 0 Å². The number of carbonyl (C=O) groups excluding carboxylic acids is 1. The van der Waals surface area contributed by atoms with E-state index in [0.717, 1.165) is 17.5 Å². The topological polar surface area (TPSA) is 57.6 Å². The average Bonchev–Trinajstić information content (AvgIpc) is 3.05. The summed E-state index contributed by atoms with van der Waals surface area (Å²) in [5.41, 5.74) is 2.35. The number of carbonyl (C=O) groups is 2. The van der Waals surface area contributed by atoms with Gasteiger partial charge in [-0.3, -0.25) is 4.79 Å². The molecule has 1 amide bonds. The van der Waals surface area contributed by atoms with Gasteiger partial charge in [0, 0.05) is 12.1 Å². The van der Waals surface area contributed by atoms with Gasteiger partial charge in [-0.25, -0.2) is 4.79 Å². The van der Waals surface area contributed by atoms with Gasteiger partial charge in [-0.05, 0) is 30.0 Å².